The minimum Gasteiger partial charge on any atom is -0.455 e. The van der Waals surface area contributed by atoms with Gasteiger partial charge in [0.2, 0.25) is 0 Å². The van der Waals surface area contributed by atoms with Gasteiger partial charge in [-0.2, -0.15) is 0 Å². The Balaban J connectivity index is 1.67. The molecule has 2 rings (SSSR count). The highest BCUT2D eigenvalue weighted by molar-refractivity contribution is 5.80. The first-order valence-corrected chi connectivity index (χ1v) is 7.96. The summed E-state index contributed by atoms with van der Waals surface area (Å²) < 4.78 is 5.03. The minimum absolute atomic E-state index is 0.165. The van der Waals surface area contributed by atoms with E-state index in [0.29, 0.717) is 6.04 Å². The Kier molecular flexibility index (Phi) is 6.16. The Bertz CT molecular complexity index is 394. The van der Waals surface area contributed by atoms with Gasteiger partial charge in [0.05, 0.1) is 6.54 Å². The molecule has 0 aromatic carbocycles. The van der Waals surface area contributed by atoms with Crippen LogP contribution in [0.25, 0.3) is 0 Å². The summed E-state index contributed by atoms with van der Waals surface area (Å²) in [4.78, 5) is 31.6. The predicted octanol–water partition coefficient (Wildman–Crippen LogP) is -1.06. The van der Waals surface area contributed by atoms with Gasteiger partial charge in [0, 0.05) is 59.4 Å². The molecule has 2 fully saturated rings. The molecule has 7 heteroatoms. The Labute approximate surface area is 132 Å². The predicted molar refractivity (Wildman–Crippen MR) is 83.6 cm³/mol. The smallest absolute Gasteiger partial charge is 0.320 e. The molecule has 126 valence electrons. The van der Waals surface area contributed by atoms with E-state index < -0.39 is 0 Å². The Morgan fingerprint density at radius 1 is 1.14 bits per heavy atom. The quantitative estimate of drug-likeness (QED) is 0.603. The topological polar surface area (TPSA) is 56.3 Å². The molecule has 0 radical (unpaired) electrons. The summed E-state index contributed by atoms with van der Waals surface area (Å²) in [6, 6.07) is 0.546. The zero-order valence-corrected chi connectivity index (χ0v) is 14.0. The van der Waals surface area contributed by atoms with E-state index in [1.165, 1.54) is 4.90 Å². The number of hydrogen-bond donors (Lipinski definition) is 0. The summed E-state index contributed by atoms with van der Waals surface area (Å²) in [6.07, 6.45) is 1.10. The minimum atomic E-state index is -0.311. The van der Waals surface area contributed by atoms with E-state index >= 15 is 0 Å². The van der Waals surface area contributed by atoms with Crippen LogP contribution in [0, 0.1) is 0 Å². The number of nitrogens with zero attached hydrogens (tertiary/aromatic N) is 4. The second-order valence-electron chi connectivity index (χ2n) is 6.47. The second kappa shape index (κ2) is 7.89. The van der Waals surface area contributed by atoms with Gasteiger partial charge >= 0.3 is 5.97 Å². The zero-order chi connectivity index (χ0) is 16.1. The molecule has 1 unspecified atom stereocenters. The van der Waals surface area contributed by atoms with Crippen molar-refractivity contribution in [2.24, 2.45) is 0 Å². The lowest BCUT2D eigenvalue weighted by atomic mass is 10.2. The molecule has 0 N–H and O–H groups in total. The lowest BCUT2D eigenvalue weighted by molar-refractivity contribution is -0.151. The van der Waals surface area contributed by atoms with Crippen LogP contribution in [-0.2, 0) is 14.3 Å². The highest BCUT2D eigenvalue weighted by Gasteiger charge is 2.30. The number of likely N-dealkylation sites (N-methyl/N-ethyl adjacent to an activating group) is 2. The van der Waals surface area contributed by atoms with Gasteiger partial charge < -0.3 is 14.5 Å². The summed E-state index contributed by atoms with van der Waals surface area (Å²) in [5.41, 5.74) is 0. The number of carbonyl (C=O) groups excluding carboxylic acids is 2. The summed E-state index contributed by atoms with van der Waals surface area (Å²) in [5, 5.41) is 0. The van der Waals surface area contributed by atoms with Crippen LogP contribution in [0.5, 0.6) is 0 Å². The van der Waals surface area contributed by atoms with E-state index in [4.69, 9.17) is 4.74 Å². The van der Waals surface area contributed by atoms with Crippen molar-refractivity contribution in [3.63, 3.8) is 0 Å². The number of carbonyl (C=O) groups is 2. The van der Waals surface area contributed by atoms with Crippen molar-refractivity contribution in [1.29, 1.82) is 0 Å². The fraction of sp³-hybridized carbons (Fsp3) is 0.867. The zero-order valence-electron chi connectivity index (χ0n) is 14.0. The molecule has 0 bridgehead atoms. The first kappa shape index (κ1) is 17.2. The molecule has 0 saturated carbocycles. The number of esters is 1. The molecule has 2 heterocycles. The lowest BCUT2D eigenvalue weighted by Gasteiger charge is -2.36. The van der Waals surface area contributed by atoms with E-state index in [0.717, 1.165) is 45.7 Å². The van der Waals surface area contributed by atoms with Crippen LogP contribution in [0.1, 0.15) is 6.42 Å². The Morgan fingerprint density at radius 2 is 1.82 bits per heavy atom. The number of hydrogen-bond acceptors (Lipinski definition) is 6. The third-order valence-electron chi connectivity index (χ3n) is 4.51. The molecule has 2 saturated heterocycles. The molecule has 0 aromatic heterocycles. The first-order valence-electron chi connectivity index (χ1n) is 7.96. The van der Waals surface area contributed by atoms with Gasteiger partial charge in [0.15, 0.2) is 6.61 Å². The van der Waals surface area contributed by atoms with Gasteiger partial charge in [0.25, 0.3) is 5.91 Å². The maximum absolute atomic E-state index is 11.8. The van der Waals surface area contributed by atoms with Crippen LogP contribution in [0.2, 0.25) is 0 Å². The van der Waals surface area contributed by atoms with Gasteiger partial charge in [-0.1, -0.05) is 0 Å². The van der Waals surface area contributed by atoms with Gasteiger partial charge in [-0.15, -0.1) is 0 Å². The fourth-order valence-electron chi connectivity index (χ4n) is 2.94. The molecule has 1 amide bonds. The van der Waals surface area contributed by atoms with Crippen molar-refractivity contribution in [1.82, 2.24) is 19.6 Å². The van der Waals surface area contributed by atoms with Gasteiger partial charge in [0.1, 0.15) is 0 Å². The molecule has 2 aliphatic heterocycles. The number of likely N-dealkylation sites (tertiary alicyclic amines) is 1. The lowest BCUT2D eigenvalue weighted by Crippen LogP contribution is -2.49. The summed E-state index contributed by atoms with van der Waals surface area (Å²) in [5.74, 6) is -0.501. The maximum Gasteiger partial charge on any atom is 0.320 e. The van der Waals surface area contributed by atoms with Crippen LogP contribution < -0.4 is 0 Å². The van der Waals surface area contributed by atoms with Crippen LogP contribution in [0.4, 0.5) is 0 Å². The number of piperazine rings is 1. The largest absolute Gasteiger partial charge is 0.455 e. The number of ether oxygens (including phenoxy) is 1. The van der Waals surface area contributed by atoms with Crippen molar-refractivity contribution in [3.8, 4) is 0 Å². The van der Waals surface area contributed by atoms with E-state index in [-0.39, 0.29) is 25.0 Å². The Hall–Kier alpha value is -1.18. The van der Waals surface area contributed by atoms with Crippen molar-refractivity contribution in [2.45, 2.75) is 12.5 Å². The molecule has 0 aliphatic carbocycles. The average Bonchev–Trinajstić information content (AvgIpc) is 2.93. The summed E-state index contributed by atoms with van der Waals surface area (Å²) in [6.45, 7) is 6.41. The van der Waals surface area contributed by atoms with Crippen LogP contribution in [-0.4, -0.2) is 111 Å². The third-order valence-corrected chi connectivity index (χ3v) is 4.51. The van der Waals surface area contributed by atoms with Crippen molar-refractivity contribution >= 4 is 11.9 Å². The van der Waals surface area contributed by atoms with Crippen molar-refractivity contribution in [2.75, 3.05) is 73.6 Å². The molecular weight excluding hydrogens is 284 g/mol. The molecule has 1 atom stereocenters. The normalized spacial score (nSPS) is 24.4. The fourth-order valence-corrected chi connectivity index (χ4v) is 2.94. The monoisotopic (exact) mass is 312 g/mol. The molecular formula is C15H28N4O3. The highest BCUT2D eigenvalue weighted by Crippen LogP contribution is 2.17. The molecule has 0 aromatic rings. The SMILES string of the molecule is CN1CCN(C2CCN(CC(=O)OCC(=O)N(C)C)C2)CC1. The third kappa shape index (κ3) is 4.93. The first-order chi connectivity index (χ1) is 10.5. The second-order valence-corrected chi connectivity index (χ2v) is 6.47. The van der Waals surface area contributed by atoms with E-state index in [2.05, 4.69) is 21.7 Å². The Morgan fingerprint density at radius 3 is 2.45 bits per heavy atom. The summed E-state index contributed by atoms with van der Waals surface area (Å²) >= 11 is 0. The van der Waals surface area contributed by atoms with E-state index in [1.807, 2.05) is 0 Å². The summed E-state index contributed by atoms with van der Waals surface area (Å²) in [7, 11) is 5.46. The van der Waals surface area contributed by atoms with Gasteiger partial charge in [-0.3, -0.25) is 19.4 Å². The maximum atomic E-state index is 11.8. The van der Waals surface area contributed by atoms with E-state index in [1.54, 1.807) is 14.1 Å². The van der Waals surface area contributed by atoms with Gasteiger partial charge in [-0.05, 0) is 13.5 Å². The molecule has 0 spiro atoms. The molecule has 22 heavy (non-hydrogen) atoms. The number of amides is 1. The average molecular weight is 312 g/mol. The standard InChI is InChI=1S/C15H28N4O3/c1-16(2)14(20)12-22-15(21)11-18-5-4-13(10-18)19-8-6-17(3)7-9-19/h13H,4-12H2,1-3H3. The van der Waals surface area contributed by atoms with Crippen molar-refractivity contribution in [3.05, 3.63) is 0 Å². The van der Waals surface area contributed by atoms with Crippen molar-refractivity contribution < 1.29 is 14.3 Å². The molecule has 2 aliphatic rings. The van der Waals surface area contributed by atoms with E-state index in [9.17, 15) is 9.59 Å². The van der Waals surface area contributed by atoms with Crippen LogP contribution >= 0.6 is 0 Å². The molecule has 7 nitrogen and oxygen atoms in total. The van der Waals surface area contributed by atoms with Gasteiger partial charge in [-0.25, -0.2) is 0 Å². The van der Waals surface area contributed by atoms with Crippen LogP contribution in [0.3, 0.4) is 0 Å². The van der Waals surface area contributed by atoms with Crippen LogP contribution in [0.15, 0.2) is 0 Å². The highest BCUT2D eigenvalue weighted by atomic mass is 16.5. The number of rotatable bonds is 5.